The second kappa shape index (κ2) is 9.45. The molecular formula is C30H45FN2O2. The Balaban J connectivity index is 1.24. The van der Waals surface area contributed by atoms with Crippen molar-refractivity contribution in [3.8, 4) is 0 Å². The molecule has 4 aliphatic rings. The Morgan fingerprint density at radius 3 is 2.60 bits per heavy atom. The molecule has 0 radical (unpaired) electrons. The third-order valence-corrected chi connectivity index (χ3v) is 11.4. The molecule has 1 aromatic rings. The molecule has 3 saturated carbocycles. The van der Waals surface area contributed by atoms with Crippen LogP contribution >= 0.6 is 0 Å². The lowest BCUT2D eigenvalue weighted by Gasteiger charge is -2.62. The third kappa shape index (κ3) is 4.45. The standard InChI is InChI=1S/C30H45FN2O2/c1-19(5-12-27(35)32-22-8-6-21(31)7-9-22)23-10-11-24-28-25(13-14-30(23,24)3)29(2)15-16-33(4)18-20(29)17-26(28)34/h6-9,19-20,23-26,28,34H,5,10-18H2,1-4H3,(H,32,35)/t19-,20-,23-,24+,25+,26+,28+,29+,30-/m1/s1. The summed E-state index contributed by atoms with van der Waals surface area (Å²) in [6.07, 6.45) is 8.42. The monoisotopic (exact) mass is 484 g/mol. The van der Waals surface area contributed by atoms with Crippen molar-refractivity contribution in [3.63, 3.8) is 0 Å². The minimum atomic E-state index is -0.293. The normalized spacial score (nSPS) is 42.0. The summed E-state index contributed by atoms with van der Waals surface area (Å²) in [5.41, 5.74) is 1.30. The Bertz CT molecular complexity index is 921. The molecule has 1 aromatic carbocycles. The molecule has 9 atom stereocenters. The molecule has 4 fully saturated rings. The number of anilines is 1. The van der Waals surface area contributed by atoms with Gasteiger partial charge in [-0.1, -0.05) is 20.8 Å². The summed E-state index contributed by atoms with van der Waals surface area (Å²) in [7, 11) is 2.23. The van der Waals surface area contributed by atoms with Gasteiger partial charge in [-0.2, -0.15) is 0 Å². The topological polar surface area (TPSA) is 52.6 Å². The van der Waals surface area contributed by atoms with Gasteiger partial charge < -0.3 is 15.3 Å². The van der Waals surface area contributed by atoms with Gasteiger partial charge in [-0.3, -0.25) is 4.79 Å². The summed E-state index contributed by atoms with van der Waals surface area (Å²) in [6.45, 7) is 9.72. The number of halogens is 1. The number of nitrogens with one attached hydrogen (secondary N) is 1. The van der Waals surface area contributed by atoms with Crippen LogP contribution in [0.2, 0.25) is 0 Å². The van der Waals surface area contributed by atoms with Gasteiger partial charge in [0.15, 0.2) is 0 Å². The van der Waals surface area contributed by atoms with Crippen LogP contribution in [0.15, 0.2) is 24.3 Å². The van der Waals surface area contributed by atoms with E-state index in [0.29, 0.717) is 53.0 Å². The molecule has 0 bridgehead atoms. The maximum absolute atomic E-state index is 13.1. The molecule has 194 valence electrons. The Kier molecular flexibility index (Phi) is 6.80. The van der Waals surface area contributed by atoms with E-state index in [9.17, 15) is 14.3 Å². The largest absolute Gasteiger partial charge is 0.393 e. The van der Waals surface area contributed by atoms with Crippen molar-refractivity contribution in [3.05, 3.63) is 30.1 Å². The molecule has 0 unspecified atom stereocenters. The van der Waals surface area contributed by atoms with E-state index < -0.39 is 0 Å². The van der Waals surface area contributed by atoms with Crippen molar-refractivity contribution in [2.24, 2.45) is 46.3 Å². The maximum atomic E-state index is 13.1. The van der Waals surface area contributed by atoms with E-state index in [4.69, 9.17) is 0 Å². The van der Waals surface area contributed by atoms with Gasteiger partial charge in [-0.15, -0.1) is 0 Å². The first kappa shape index (κ1) is 25.2. The van der Waals surface area contributed by atoms with Gasteiger partial charge in [0.25, 0.3) is 0 Å². The number of rotatable bonds is 5. The van der Waals surface area contributed by atoms with E-state index in [0.717, 1.165) is 19.4 Å². The van der Waals surface area contributed by atoms with Crippen LogP contribution in [0, 0.1) is 52.2 Å². The number of carbonyl (C=O) groups is 1. The Hall–Kier alpha value is -1.46. The number of aliphatic hydroxyl groups is 1. The molecule has 1 saturated heterocycles. The van der Waals surface area contributed by atoms with E-state index in [1.165, 1.54) is 50.8 Å². The highest BCUT2D eigenvalue weighted by molar-refractivity contribution is 5.90. The fraction of sp³-hybridized carbons (Fsp3) is 0.767. The zero-order chi connectivity index (χ0) is 25.0. The van der Waals surface area contributed by atoms with Crippen molar-refractivity contribution < 1.29 is 14.3 Å². The highest BCUT2D eigenvalue weighted by Gasteiger charge is 2.62. The average molecular weight is 485 g/mol. The summed E-state index contributed by atoms with van der Waals surface area (Å²) >= 11 is 0. The van der Waals surface area contributed by atoms with Crippen molar-refractivity contribution in [1.82, 2.24) is 4.90 Å². The average Bonchev–Trinajstić information content (AvgIpc) is 3.17. The highest BCUT2D eigenvalue weighted by Crippen LogP contribution is 2.67. The van der Waals surface area contributed by atoms with Crippen LogP contribution in [-0.4, -0.2) is 42.2 Å². The van der Waals surface area contributed by atoms with Crippen molar-refractivity contribution >= 4 is 11.6 Å². The molecule has 3 aliphatic carbocycles. The van der Waals surface area contributed by atoms with Gasteiger partial charge in [0.05, 0.1) is 6.10 Å². The molecule has 5 heteroatoms. The highest BCUT2D eigenvalue weighted by atomic mass is 19.1. The third-order valence-electron chi connectivity index (χ3n) is 11.4. The maximum Gasteiger partial charge on any atom is 0.224 e. The fourth-order valence-electron chi connectivity index (χ4n) is 9.39. The smallest absolute Gasteiger partial charge is 0.224 e. The van der Waals surface area contributed by atoms with Gasteiger partial charge in [0, 0.05) is 18.7 Å². The second-order valence-corrected chi connectivity index (χ2v) is 13.1. The molecule has 5 rings (SSSR count). The number of amides is 1. The first-order chi connectivity index (χ1) is 16.6. The number of likely N-dealkylation sites (tertiary alicyclic amines) is 1. The van der Waals surface area contributed by atoms with Gasteiger partial charge in [-0.05, 0) is 129 Å². The van der Waals surface area contributed by atoms with Crippen molar-refractivity contribution in [2.75, 3.05) is 25.5 Å². The summed E-state index contributed by atoms with van der Waals surface area (Å²) in [5, 5.41) is 14.4. The van der Waals surface area contributed by atoms with Crippen LogP contribution in [-0.2, 0) is 4.79 Å². The first-order valence-electron chi connectivity index (χ1n) is 14.0. The zero-order valence-electron chi connectivity index (χ0n) is 22.1. The predicted octanol–water partition coefficient (Wildman–Crippen LogP) is 5.96. The summed E-state index contributed by atoms with van der Waals surface area (Å²) in [4.78, 5) is 15.0. The Labute approximate surface area is 211 Å². The van der Waals surface area contributed by atoms with E-state index in [1.54, 1.807) is 12.1 Å². The Morgan fingerprint density at radius 1 is 1.14 bits per heavy atom. The van der Waals surface area contributed by atoms with E-state index in [1.807, 2.05) is 0 Å². The minimum Gasteiger partial charge on any atom is -0.393 e. The number of aliphatic hydroxyl groups excluding tert-OH is 1. The number of nitrogens with zero attached hydrogens (tertiary/aromatic N) is 1. The van der Waals surface area contributed by atoms with Gasteiger partial charge in [-0.25, -0.2) is 4.39 Å². The van der Waals surface area contributed by atoms with Crippen LogP contribution in [0.25, 0.3) is 0 Å². The number of hydrogen-bond acceptors (Lipinski definition) is 3. The molecular weight excluding hydrogens is 439 g/mol. The molecule has 0 aromatic heterocycles. The predicted molar refractivity (Wildman–Crippen MR) is 138 cm³/mol. The lowest BCUT2D eigenvalue weighted by molar-refractivity contribution is -0.170. The number of piperidine rings is 1. The molecule has 1 amide bonds. The number of hydrogen-bond donors (Lipinski definition) is 2. The second-order valence-electron chi connectivity index (χ2n) is 13.1. The van der Waals surface area contributed by atoms with Crippen LogP contribution in [0.4, 0.5) is 10.1 Å². The summed E-state index contributed by atoms with van der Waals surface area (Å²) in [6, 6.07) is 5.98. The molecule has 2 N–H and O–H groups in total. The quantitative estimate of drug-likeness (QED) is 0.542. The fourth-order valence-corrected chi connectivity index (χ4v) is 9.39. The number of fused-ring (bicyclic) bond motifs is 5. The van der Waals surface area contributed by atoms with Crippen LogP contribution < -0.4 is 5.32 Å². The number of benzene rings is 1. The van der Waals surface area contributed by atoms with Gasteiger partial charge in [0.2, 0.25) is 5.91 Å². The van der Waals surface area contributed by atoms with E-state index in [-0.39, 0.29) is 23.2 Å². The summed E-state index contributed by atoms with van der Waals surface area (Å²) < 4.78 is 13.1. The van der Waals surface area contributed by atoms with Crippen LogP contribution in [0.5, 0.6) is 0 Å². The first-order valence-corrected chi connectivity index (χ1v) is 14.0. The van der Waals surface area contributed by atoms with Gasteiger partial charge in [0.1, 0.15) is 5.82 Å². The van der Waals surface area contributed by atoms with E-state index >= 15 is 0 Å². The molecule has 1 aliphatic heterocycles. The van der Waals surface area contributed by atoms with Crippen LogP contribution in [0.1, 0.15) is 72.1 Å². The summed E-state index contributed by atoms with van der Waals surface area (Å²) in [5.74, 6) is 3.13. The Morgan fingerprint density at radius 2 is 1.86 bits per heavy atom. The molecule has 4 nitrogen and oxygen atoms in total. The molecule has 1 heterocycles. The molecule has 0 spiro atoms. The zero-order valence-corrected chi connectivity index (χ0v) is 22.1. The SMILES string of the molecule is C[C@H](CCC(=O)Nc1ccc(F)cc1)[C@H]1CC[C@H]2[C@@H]3[C@@H](O)C[C@@H]4CN(C)CC[C@]4(C)[C@H]3CC[C@]12C. The number of carbonyl (C=O) groups excluding carboxylic acids is 1. The lowest BCUT2D eigenvalue weighted by Crippen LogP contribution is -2.60. The van der Waals surface area contributed by atoms with Gasteiger partial charge >= 0.3 is 0 Å². The lowest BCUT2D eigenvalue weighted by atomic mass is 9.44. The molecule has 35 heavy (non-hydrogen) atoms. The van der Waals surface area contributed by atoms with Crippen molar-refractivity contribution in [2.45, 2.75) is 78.2 Å². The van der Waals surface area contributed by atoms with E-state index in [2.05, 4.69) is 38.0 Å². The van der Waals surface area contributed by atoms with Crippen molar-refractivity contribution in [1.29, 1.82) is 0 Å². The van der Waals surface area contributed by atoms with Crippen LogP contribution in [0.3, 0.4) is 0 Å². The minimum absolute atomic E-state index is 0.0100.